The van der Waals surface area contributed by atoms with Gasteiger partial charge in [0.15, 0.2) is 28.3 Å². The Morgan fingerprint density at radius 1 is 1.16 bits per heavy atom. The van der Waals surface area contributed by atoms with Crippen LogP contribution in [0, 0.1) is 0 Å². The number of nitrogens with one attached hydrogen (secondary N) is 1. The third kappa shape index (κ3) is 4.52. The molecule has 1 N–H and O–H groups in total. The van der Waals surface area contributed by atoms with Crippen LogP contribution >= 0.6 is 23.4 Å². The number of amides is 1. The van der Waals surface area contributed by atoms with Gasteiger partial charge in [-0.15, -0.1) is 10.2 Å². The molecule has 0 saturated heterocycles. The minimum absolute atomic E-state index is 0.0859. The molecule has 160 valence electrons. The van der Waals surface area contributed by atoms with Crippen LogP contribution in [0.5, 0.6) is 11.5 Å². The van der Waals surface area contributed by atoms with E-state index in [-0.39, 0.29) is 24.2 Å². The molecule has 1 amide bonds. The van der Waals surface area contributed by atoms with Gasteiger partial charge in [0.25, 0.3) is 0 Å². The lowest BCUT2D eigenvalue weighted by atomic mass is 10.1. The molecule has 0 atom stereocenters. The van der Waals surface area contributed by atoms with Crippen LogP contribution in [0.2, 0.25) is 5.02 Å². The zero-order chi connectivity index (χ0) is 22.0. The Morgan fingerprint density at radius 3 is 2.55 bits per heavy atom. The molecule has 2 aromatic carbocycles. The van der Waals surface area contributed by atoms with Crippen LogP contribution in [0.15, 0.2) is 41.6 Å². The number of hydrogen-bond acceptors (Lipinski definition) is 7. The van der Waals surface area contributed by atoms with E-state index in [0.29, 0.717) is 45.3 Å². The van der Waals surface area contributed by atoms with Crippen LogP contribution in [-0.2, 0) is 11.3 Å². The van der Waals surface area contributed by atoms with Crippen LogP contribution < -0.4 is 14.8 Å². The van der Waals surface area contributed by atoms with Crippen molar-refractivity contribution in [3.05, 3.63) is 47.0 Å². The number of anilines is 1. The van der Waals surface area contributed by atoms with Gasteiger partial charge in [-0.25, -0.2) is 0 Å². The van der Waals surface area contributed by atoms with E-state index in [1.54, 1.807) is 24.3 Å². The first kappa shape index (κ1) is 21.2. The predicted molar refractivity (Wildman–Crippen MR) is 118 cm³/mol. The molecule has 2 heterocycles. The summed E-state index contributed by atoms with van der Waals surface area (Å²) in [5, 5.41) is 12.6. The van der Waals surface area contributed by atoms with E-state index in [9.17, 15) is 9.59 Å². The van der Waals surface area contributed by atoms with Gasteiger partial charge in [-0.05, 0) is 44.2 Å². The molecule has 1 aliphatic heterocycles. The number of fused-ring (bicyclic) bond motifs is 1. The highest BCUT2D eigenvalue weighted by molar-refractivity contribution is 7.99. The Balaban J connectivity index is 1.47. The summed E-state index contributed by atoms with van der Waals surface area (Å²) in [6, 6.07) is 10.5. The van der Waals surface area contributed by atoms with Gasteiger partial charge in [0.05, 0.1) is 11.4 Å². The van der Waals surface area contributed by atoms with Crippen molar-refractivity contribution in [2.24, 2.45) is 0 Å². The molecule has 4 rings (SSSR count). The molecule has 0 radical (unpaired) electrons. The molecule has 0 bridgehead atoms. The molecule has 31 heavy (non-hydrogen) atoms. The number of aromatic nitrogens is 3. The maximum atomic E-state index is 12.6. The van der Waals surface area contributed by atoms with Gasteiger partial charge in [0, 0.05) is 28.8 Å². The van der Waals surface area contributed by atoms with E-state index in [1.807, 2.05) is 23.6 Å². The summed E-state index contributed by atoms with van der Waals surface area (Å²) in [5.41, 5.74) is 1.65. The van der Waals surface area contributed by atoms with Crippen molar-refractivity contribution in [3.8, 4) is 22.9 Å². The van der Waals surface area contributed by atoms with Gasteiger partial charge in [0.1, 0.15) is 0 Å². The molecule has 0 saturated carbocycles. The highest BCUT2D eigenvalue weighted by Gasteiger charge is 2.21. The number of hydrogen-bond donors (Lipinski definition) is 1. The molecule has 3 aromatic rings. The molecule has 1 aromatic heterocycles. The summed E-state index contributed by atoms with van der Waals surface area (Å²) in [6.45, 7) is 4.15. The van der Waals surface area contributed by atoms with Crippen LogP contribution in [0.4, 0.5) is 5.69 Å². The van der Waals surface area contributed by atoms with Crippen LogP contribution in [0.1, 0.15) is 24.2 Å². The van der Waals surface area contributed by atoms with E-state index in [1.165, 1.54) is 18.7 Å². The van der Waals surface area contributed by atoms with Crippen molar-refractivity contribution in [2.45, 2.75) is 25.5 Å². The maximum absolute atomic E-state index is 12.6. The van der Waals surface area contributed by atoms with E-state index >= 15 is 0 Å². The molecule has 0 aliphatic carbocycles. The third-order valence-electron chi connectivity index (χ3n) is 4.63. The van der Waals surface area contributed by atoms with E-state index < -0.39 is 0 Å². The number of halogens is 1. The number of ketones is 1. The minimum atomic E-state index is -0.273. The fourth-order valence-corrected chi connectivity index (χ4v) is 4.07. The standard InChI is InChI=1S/C21H19ClN4O4S/c1-3-26-20(13-4-6-14(22)7-5-13)24-25-21(26)31-10-19(28)23-16-9-18-17(29-11-30-18)8-15(16)12(2)27/h4-9H,3,10-11H2,1-2H3,(H,23,28). The van der Waals surface area contributed by atoms with Crippen molar-refractivity contribution in [1.29, 1.82) is 0 Å². The Hall–Kier alpha value is -3.04. The summed E-state index contributed by atoms with van der Waals surface area (Å²) < 4.78 is 12.6. The van der Waals surface area contributed by atoms with Gasteiger partial charge >= 0.3 is 0 Å². The number of carbonyl (C=O) groups excluding carboxylic acids is 2. The van der Waals surface area contributed by atoms with Crippen molar-refractivity contribution in [1.82, 2.24) is 14.8 Å². The largest absolute Gasteiger partial charge is 0.454 e. The maximum Gasteiger partial charge on any atom is 0.234 e. The van der Waals surface area contributed by atoms with Crippen molar-refractivity contribution in [3.63, 3.8) is 0 Å². The van der Waals surface area contributed by atoms with Crippen molar-refractivity contribution < 1.29 is 19.1 Å². The lowest BCUT2D eigenvalue weighted by molar-refractivity contribution is -0.113. The summed E-state index contributed by atoms with van der Waals surface area (Å²) in [4.78, 5) is 24.6. The van der Waals surface area contributed by atoms with Gasteiger partial charge in [0.2, 0.25) is 12.7 Å². The van der Waals surface area contributed by atoms with Crippen LogP contribution in [-0.4, -0.2) is 39.0 Å². The summed E-state index contributed by atoms with van der Waals surface area (Å²) in [6.07, 6.45) is 0. The van der Waals surface area contributed by atoms with E-state index in [2.05, 4.69) is 15.5 Å². The molecule has 8 nitrogen and oxygen atoms in total. The van der Waals surface area contributed by atoms with E-state index in [4.69, 9.17) is 21.1 Å². The Kier molecular flexibility index (Phi) is 6.15. The van der Waals surface area contributed by atoms with Gasteiger partial charge in [-0.1, -0.05) is 23.4 Å². The van der Waals surface area contributed by atoms with Crippen molar-refractivity contribution in [2.75, 3.05) is 17.9 Å². The average Bonchev–Trinajstić information content (AvgIpc) is 3.38. The predicted octanol–water partition coefficient (Wildman–Crippen LogP) is 4.28. The fourth-order valence-electron chi connectivity index (χ4n) is 3.15. The monoisotopic (exact) mass is 458 g/mol. The first-order valence-corrected chi connectivity index (χ1v) is 10.9. The summed E-state index contributed by atoms with van der Waals surface area (Å²) in [5.74, 6) is 1.33. The third-order valence-corrected chi connectivity index (χ3v) is 5.85. The Bertz CT molecular complexity index is 1150. The first-order valence-electron chi connectivity index (χ1n) is 9.52. The second-order valence-corrected chi connectivity index (χ2v) is 8.08. The number of benzene rings is 2. The molecule has 1 aliphatic rings. The molecule has 0 unspecified atom stereocenters. The second kappa shape index (κ2) is 8.99. The van der Waals surface area contributed by atoms with Gasteiger partial charge < -0.3 is 19.4 Å². The van der Waals surface area contributed by atoms with Crippen LogP contribution in [0.3, 0.4) is 0 Å². The molecular formula is C21H19ClN4O4S. The number of ether oxygens (including phenoxy) is 2. The zero-order valence-electron chi connectivity index (χ0n) is 16.8. The topological polar surface area (TPSA) is 95.3 Å². The van der Waals surface area contributed by atoms with Crippen molar-refractivity contribution >= 4 is 40.7 Å². The average molecular weight is 459 g/mol. The second-order valence-electron chi connectivity index (χ2n) is 6.70. The number of nitrogens with zero attached hydrogens (tertiary/aromatic N) is 3. The minimum Gasteiger partial charge on any atom is -0.454 e. The SMILES string of the molecule is CCn1c(SCC(=O)Nc2cc3c(cc2C(C)=O)OCO3)nnc1-c1ccc(Cl)cc1. The fraction of sp³-hybridized carbons (Fsp3) is 0.238. The molecular weight excluding hydrogens is 440 g/mol. The van der Waals surface area contributed by atoms with Gasteiger partial charge in [-0.3, -0.25) is 9.59 Å². The molecule has 0 spiro atoms. The normalized spacial score (nSPS) is 12.1. The summed E-state index contributed by atoms with van der Waals surface area (Å²) >= 11 is 7.23. The summed E-state index contributed by atoms with van der Waals surface area (Å²) in [7, 11) is 0. The molecule has 10 heteroatoms. The lowest BCUT2D eigenvalue weighted by Gasteiger charge is -2.11. The van der Waals surface area contributed by atoms with E-state index in [0.717, 1.165) is 5.56 Å². The zero-order valence-corrected chi connectivity index (χ0v) is 18.4. The first-order chi connectivity index (χ1) is 15.0. The quantitative estimate of drug-likeness (QED) is 0.417. The smallest absolute Gasteiger partial charge is 0.234 e. The highest BCUT2D eigenvalue weighted by Crippen LogP contribution is 2.37. The lowest BCUT2D eigenvalue weighted by Crippen LogP contribution is -2.16. The van der Waals surface area contributed by atoms with Gasteiger partial charge in [-0.2, -0.15) is 0 Å². The Morgan fingerprint density at radius 2 is 1.87 bits per heavy atom. The number of rotatable bonds is 7. The number of carbonyl (C=O) groups is 2. The number of thioether (sulfide) groups is 1. The van der Waals surface area contributed by atoms with Crippen LogP contribution in [0.25, 0.3) is 11.4 Å². The number of Topliss-reactive ketones (excluding diaryl/α,β-unsaturated/α-hetero) is 1. The molecule has 0 fully saturated rings. The Labute approximate surface area is 187 Å². The highest BCUT2D eigenvalue weighted by atomic mass is 35.5.